The third kappa shape index (κ3) is 4.88. The highest BCUT2D eigenvalue weighted by Crippen LogP contribution is 2.06. The predicted octanol–water partition coefficient (Wildman–Crippen LogP) is 1.13. The lowest BCUT2D eigenvalue weighted by molar-refractivity contribution is -0.121. The standard InChI is InChI=1S/C9H17NO2/c1-6(2)9(5-7(3)11)10-8(4)12/h6,9H,5H2,1-4H3,(H,10,12)/t9-/m0/s1. The van der Waals surface area contributed by atoms with Crippen molar-refractivity contribution >= 4 is 11.7 Å². The molecule has 3 heteroatoms. The maximum absolute atomic E-state index is 10.8. The number of amides is 1. The van der Waals surface area contributed by atoms with Crippen LogP contribution in [0.4, 0.5) is 0 Å². The van der Waals surface area contributed by atoms with Crippen molar-refractivity contribution in [3.05, 3.63) is 0 Å². The Hall–Kier alpha value is -0.860. The van der Waals surface area contributed by atoms with E-state index in [1.807, 2.05) is 13.8 Å². The second-order valence-electron chi connectivity index (χ2n) is 3.46. The first kappa shape index (κ1) is 11.1. The molecule has 0 aliphatic carbocycles. The Kier molecular flexibility index (Phi) is 4.55. The molecular formula is C9H17NO2. The van der Waals surface area contributed by atoms with Crippen LogP contribution in [0.2, 0.25) is 0 Å². The van der Waals surface area contributed by atoms with Crippen LogP contribution in [0, 0.1) is 5.92 Å². The van der Waals surface area contributed by atoms with Crippen LogP contribution in [0.1, 0.15) is 34.1 Å². The van der Waals surface area contributed by atoms with E-state index in [4.69, 9.17) is 0 Å². The maximum atomic E-state index is 10.8. The van der Waals surface area contributed by atoms with Gasteiger partial charge in [-0.1, -0.05) is 13.8 Å². The Labute approximate surface area is 73.5 Å². The molecule has 1 amide bonds. The molecule has 3 nitrogen and oxygen atoms in total. The van der Waals surface area contributed by atoms with Crippen molar-refractivity contribution in [1.82, 2.24) is 5.32 Å². The van der Waals surface area contributed by atoms with Crippen LogP contribution in [-0.4, -0.2) is 17.7 Å². The highest BCUT2D eigenvalue weighted by atomic mass is 16.1. The van der Waals surface area contributed by atoms with Crippen LogP contribution >= 0.6 is 0 Å². The van der Waals surface area contributed by atoms with Crippen LogP contribution < -0.4 is 5.32 Å². The topological polar surface area (TPSA) is 46.2 Å². The Morgan fingerprint density at radius 3 is 2.00 bits per heavy atom. The Balaban J connectivity index is 4.04. The van der Waals surface area contributed by atoms with Crippen LogP contribution in [0.5, 0.6) is 0 Å². The number of carbonyl (C=O) groups is 2. The zero-order valence-electron chi connectivity index (χ0n) is 8.18. The molecule has 0 saturated carbocycles. The molecule has 0 saturated heterocycles. The quantitative estimate of drug-likeness (QED) is 0.689. The van der Waals surface area contributed by atoms with E-state index in [-0.39, 0.29) is 17.7 Å². The second kappa shape index (κ2) is 4.91. The third-order valence-corrected chi connectivity index (χ3v) is 1.70. The molecule has 0 aliphatic heterocycles. The number of rotatable bonds is 4. The molecule has 0 spiro atoms. The largest absolute Gasteiger partial charge is 0.353 e. The van der Waals surface area contributed by atoms with Gasteiger partial charge in [-0.05, 0) is 12.8 Å². The van der Waals surface area contributed by atoms with Crippen molar-refractivity contribution < 1.29 is 9.59 Å². The van der Waals surface area contributed by atoms with Gasteiger partial charge in [0.1, 0.15) is 5.78 Å². The van der Waals surface area contributed by atoms with Crippen molar-refractivity contribution in [3.63, 3.8) is 0 Å². The molecule has 0 aromatic rings. The lowest BCUT2D eigenvalue weighted by atomic mass is 9.99. The summed E-state index contributed by atoms with van der Waals surface area (Å²) >= 11 is 0. The zero-order chi connectivity index (χ0) is 9.72. The molecular weight excluding hydrogens is 154 g/mol. The molecule has 70 valence electrons. The van der Waals surface area contributed by atoms with Gasteiger partial charge < -0.3 is 5.32 Å². The van der Waals surface area contributed by atoms with E-state index in [0.717, 1.165) is 0 Å². The monoisotopic (exact) mass is 171 g/mol. The van der Waals surface area contributed by atoms with Gasteiger partial charge in [0.05, 0.1) is 0 Å². The van der Waals surface area contributed by atoms with Crippen molar-refractivity contribution in [2.45, 2.75) is 40.2 Å². The lowest BCUT2D eigenvalue weighted by Gasteiger charge is -2.19. The molecule has 0 radical (unpaired) electrons. The van der Waals surface area contributed by atoms with E-state index in [0.29, 0.717) is 12.3 Å². The zero-order valence-corrected chi connectivity index (χ0v) is 8.18. The van der Waals surface area contributed by atoms with E-state index in [9.17, 15) is 9.59 Å². The van der Waals surface area contributed by atoms with Gasteiger partial charge >= 0.3 is 0 Å². The SMILES string of the molecule is CC(=O)C[C@H](NC(C)=O)C(C)C. The molecule has 0 aromatic heterocycles. The minimum atomic E-state index is -0.0741. The van der Waals surface area contributed by atoms with Crippen LogP contribution in [0.3, 0.4) is 0 Å². The number of hydrogen-bond acceptors (Lipinski definition) is 2. The average Bonchev–Trinajstić information content (AvgIpc) is 1.83. The van der Waals surface area contributed by atoms with Crippen molar-refractivity contribution in [2.75, 3.05) is 0 Å². The van der Waals surface area contributed by atoms with Gasteiger partial charge in [-0.3, -0.25) is 9.59 Å². The van der Waals surface area contributed by atoms with E-state index in [1.165, 1.54) is 13.8 Å². The molecule has 0 aliphatic rings. The number of ketones is 1. The molecule has 0 bridgehead atoms. The first-order valence-corrected chi connectivity index (χ1v) is 4.20. The van der Waals surface area contributed by atoms with Crippen LogP contribution in [0.15, 0.2) is 0 Å². The second-order valence-corrected chi connectivity index (χ2v) is 3.46. The molecule has 0 unspecified atom stereocenters. The van der Waals surface area contributed by atoms with Gasteiger partial charge in [-0.2, -0.15) is 0 Å². The Bertz CT molecular complexity index is 159. The van der Waals surface area contributed by atoms with E-state index >= 15 is 0 Å². The number of nitrogens with one attached hydrogen (secondary N) is 1. The van der Waals surface area contributed by atoms with E-state index < -0.39 is 0 Å². The van der Waals surface area contributed by atoms with Gasteiger partial charge in [0, 0.05) is 19.4 Å². The smallest absolute Gasteiger partial charge is 0.217 e. The summed E-state index contributed by atoms with van der Waals surface area (Å²) < 4.78 is 0. The normalized spacial score (nSPS) is 12.8. The summed E-state index contributed by atoms with van der Waals surface area (Å²) in [5, 5.41) is 2.75. The number of hydrogen-bond donors (Lipinski definition) is 1. The highest BCUT2D eigenvalue weighted by Gasteiger charge is 2.15. The Morgan fingerprint density at radius 1 is 1.25 bits per heavy atom. The first-order valence-electron chi connectivity index (χ1n) is 4.20. The molecule has 0 fully saturated rings. The van der Waals surface area contributed by atoms with Gasteiger partial charge in [0.25, 0.3) is 0 Å². The van der Waals surface area contributed by atoms with E-state index in [1.54, 1.807) is 0 Å². The summed E-state index contributed by atoms with van der Waals surface area (Å²) in [4.78, 5) is 21.5. The summed E-state index contributed by atoms with van der Waals surface area (Å²) in [7, 11) is 0. The summed E-state index contributed by atoms with van der Waals surface area (Å²) in [6, 6.07) is -0.0139. The molecule has 12 heavy (non-hydrogen) atoms. The van der Waals surface area contributed by atoms with Gasteiger partial charge in [0.2, 0.25) is 5.91 Å². The van der Waals surface area contributed by atoms with Crippen molar-refractivity contribution in [3.8, 4) is 0 Å². The minimum Gasteiger partial charge on any atom is -0.353 e. The van der Waals surface area contributed by atoms with Crippen LogP contribution in [-0.2, 0) is 9.59 Å². The minimum absolute atomic E-state index is 0.0139. The first-order chi connectivity index (χ1) is 5.43. The molecule has 0 heterocycles. The highest BCUT2D eigenvalue weighted by molar-refractivity contribution is 5.78. The molecule has 0 aromatic carbocycles. The lowest BCUT2D eigenvalue weighted by Crippen LogP contribution is -2.38. The fourth-order valence-corrected chi connectivity index (χ4v) is 1.02. The van der Waals surface area contributed by atoms with E-state index in [2.05, 4.69) is 5.32 Å². The van der Waals surface area contributed by atoms with Crippen LogP contribution in [0.25, 0.3) is 0 Å². The fraction of sp³-hybridized carbons (Fsp3) is 0.778. The predicted molar refractivity (Wildman–Crippen MR) is 47.7 cm³/mol. The van der Waals surface area contributed by atoms with Gasteiger partial charge in [-0.15, -0.1) is 0 Å². The third-order valence-electron chi connectivity index (χ3n) is 1.70. The Morgan fingerprint density at radius 2 is 1.75 bits per heavy atom. The summed E-state index contributed by atoms with van der Waals surface area (Å²) in [6.45, 7) is 6.99. The van der Waals surface area contributed by atoms with Crippen molar-refractivity contribution in [1.29, 1.82) is 0 Å². The summed E-state index contributed by atoms with van der Waals surface area (Å²) in [6.07, 6.45) is 0.428. The van der Waals surface area contributed by atoms with Crippen molar-refractivity contribution in [2.24, 2.45) is 5.92 Å². The average molecular weight is 171 g/mol. The van der Waals surface area contributed by atoms with Gasteiger partial charge in [0.15, 0.2) is 0 Å². The molecule has 0 rings (SSSR count). The molecule has 1 N–H and O–H groups in total. The maximum Gasteiger partial charge on any atom is 0.217 e. The van der Waals surface area contributed by atoms with Gasteiger partial charge in [-0.25, -0.2) is 0 Å². The fourth-order valence-electron chi connectivity index (χ4n) is 1.02. The number of carbonyl (C=O) groups excluding carboxylic acids is 2. The molecule has 1 atom stereocenters. The summed E-state index contributed by atoms with van der Waals surface area (Å²) in [5.74, 6) is 0.343. The summed E-state index contributed by atoms with van der Waals surface area (Å²) in [5.41, 5.74) is 0. The number of Topliss-reactive ketones (excluding diaryl/α,β-unsaturated/α-hetero) is 1.